The molecule has 6 nitrogen and oxygen atoms in total. The minimum absolute atomic E-state index is 0.134. The van der Waals surface area contributed by atoms with E-state index < -0.39 is 0 Å². The fourth-order valence-electron chi connectivity index (χ4n) is 2.41. The van der Waals surface area contributed by atoms with Crippen LogP contribution >= 0.6 is 0 Å². The van der Waals surface area contributed by atoms with Crippen LogP contribution in [0.25, 0.3) is 0 Å². The van der Waals surface area contributed by atoms with E-state index in [2.05, 4.69) is 9.88 Å². The average Bonchev–Trinajstić information content (AvgIpc) is 2.91. The Morgan fingerprint density at radius 2 is 2.00 bits per heavy atom. The van der Waals surface area contributed by atoms with Crippen LogP contribution in [0.5, 0.6) is 0 Å². The van der Waals surface area contributed by atoms with E-state index in [1.807, 2.05) is 22.6 Å². The van der Waals surface area contributed by atoms with Crippen LogP contribution in [0.1, 0.15) is 19.9 Å². The van der Waals surface area contributed by atoms with Crippen LogP contribution in [0.2, 0.25) is 0 Å². The van der Waals surface area contributed by atoms with Crippen molar-refractivity contribution in [3.63, 3.8) is 0 Å². The first-order valence-electron chi connectivity index (χ1n) is 6.74. The van der Waals surface area contributed by atoms with Crippen LogP contribution in [-0.4, -0.2) is 69.2 Å². The summed E-state index contributed by atoms with van der Waals surface area (Å²) in [4.78, 5) is 20.4. The smallest absolute Gasteiger partial charge is 0.245 e. The van der Waals surface area contributed by atoms with Crippen molar-refractivity contribution in [2.45, 2.75) is 26.0 Å². The van der Waals surface area contributed by atoms with Crippen molar-refractivity contribution < 1.29 is 9.90 Å². The number of nitrogens with zero attached hydrogens (tertiary/aromatic N) is 4. The molecule has 1 aliphatic heterocycles. The average molecular weight is 266 g/mol. The highest BCUT2D eigenvalue weighted by atomic mass is 16.3. The van der Waals surface area contributed by atoms with Gasteiger partial charge in [-0.15, -0.1) is 0 Å². The second-order valence-electron chi connectivity index (χ2n) is 5.16. The first-order chi connectivity index (χ1) is 9.08. The Labute approximate surface area is 113 Å². The highest BCUT2D eigenvalue weighted by Gasteiger charge is 2.25. The van der Waals surface area contributed by atoms with Gasteiger partial charge < -0.3 is 14.6 Å². The summed E-state index contributed by atoms with van der Waals surface area (Å²) in [5, 5.41) is 9.36. The maximum Gasteiger partial charge on any atom is 0.245 e. The molecular weight excluding hydrogens is 244 g/mol. The molecule has 1 amide bonds. The zero-order valence-corrected chi connectivity index (χ0v) is 11.6. The second-order valence-corrected chi connectivity index (χ2v) is 5.16. The molecule has 2 rings (SSSR count). The number of carbonyl (C=O) groups is 1. The fraction of sp³-hybridized carbons (Fsp3) is 0.692. The van der Waals surface area contributed by atoms with E-state index in [1.54, 1.807) is 19.4 Å². The second kappa shape index (κ2) is 6.16. The number of imidazole rings is 1. The molecule has 0 saturated carbocycles. The maximum absolute atomic E-state index is 12.3. The minimum Gasteiger partial charge on any atom is -0.392 e. The van der Waals surface area contributed by atoms with Gasteiger partial charge in [-0.25, -0.2) is 4.98 Å². The predicted molar refractivity (Wildman–Crippen MR) is 71.6 cm³/mol. The van der Waals surface area contributed by atoms with Gasteiger partial charge in [0, 0.05) is 45.1 Å². The summed E-state index contributed by atoms with van der Waals surface area (Å²) in [5.74, 6) is 0.134. The Hall–Kier alpha value is -1.40. The minimum atomic E-state index is -0.313. The first kappa shape index (κ1) is 14.0. The maximum atomic E-state index is 12.3. The van der Waals surface area contributed by atoms with E-state index in [-0.39, 0.29) is 18.1 Å². The van der Waals surface area contributed by atoms with Gasteiger partial charge in [0.2, 0.25) is 5.91 Å². The Balaban J connectivity index is 1.85. The van der Waals surface area contributed by atoms with Crippen molar-refractivity contribution in [3.05, 3.63) is 18.7 Å². The lowest BCUT2D eigenvalue weighted by atomic mass is 10.2. The van der Waals surface area contributed by atoms with E-state index in [0.29, 0.717) is 6.54 Å². The molecule has 2 heterocycles. The molecule has 1 aromatic heterocycles. The van der Waals surface area contributed by atoms with Gasteiger partial charge in [0.25, 0.3) is 0 Å². The van der Waals surface area contributed by atoms with E-state index in [1.165, 1.54) is 0 Å². The molecule has 2 atom stereocenters. The van der Waals surface area contributed by atoms with E-state index in [0.717, 1.165) is 26.2 Å². The number of aliphatic hydroxyl groups excluding tert-OH is 1. The third-order valence-electron chi connectivity index (χ3n) is 3.54. The van der Waals surface area contributed by atoms with Gasteiger partial charge in [-0.3, -0.25) is 9.69 Å². The number of carbonyl (C=O) groups excluding carboxylic acids is 1. The first-order valence-corrected chi connectivity index (χ1v) is 6.74. The Morgan fingerprint density at radius 3 is 2.53 bits per heavy atom. The van der Waals surface area contributed by atoms with Crippen molar-refractivity contribution in [2.75, 3.05) is 32.7 Å². The standard InChI is InChI=1S/C13H22N4O2/c1-11(18)9-15-5-7-16(8-6-15)13(19)12(2)17-4-3-14-10-17/h3-4,10-12,18H,5-9H2,1-2H3/t11-,12+/m0/s1. The molecule has 1 saturated heterocycles. The monoisotopic (exact) mass is 266 g/mol. The van der Waals surface area contributed by atoms with Gasteiger partial charge in [-0.2, -0.15) is 0 Å². The van der Waals surface area contributed by atoms with E-state index >= 15 is 0 Å². The summed E-state index contributed by atoms with van der Waals surface area (Å²) in [5.41, 5.74) is 0. The quantitative estimate of drug-likeness (QED) is 0.831. The summed E-state index contributed by atoms with van der Waals surface area (Å²) >= 11 is 0. The summed E-state index contributed by atoms with van der Waals surface area (Å²) in [6.07, 6.45) is 4.86. The lowest BCUT2D eigenvalue weighted by Gasteiger charge is -2.36. The topological polar surface area (TPSA) is 61.6 Å². The van der Waals surface area contributed by atoms with Gasteiger partial charge >= 0.3 is 0 Å². The third-order valence-corrected chi connectivity index (χ3v) is 3.54. The number of amides is 1. The largest absolute Gasteiger partial charge is 0.392 e. The van der Waals surface area contributed by atoms with Crippen LogP contribution in [-0.2, 0) is 4.79 Å². The molecule has 1 N–H and O–H groups in total. The number of hydrogen-bond donors (Lipinski definition) is 1. The molecule has 1 fully saturated rings. The van der Waals surface area contributed by atoms with Crippen LogP contribution in [0.4, 0.5) is 0 Å². The normalized spacial score (nSPS) is 20.3. The Bertz CT molecular complexity index is 397. The number of aliphatic hydroxyl groups is 1. The van der Waals surface area contributed by atoms with Crippen molar-refractivity contribution >= 4 is 5.91 Å². The van der Waals surface area contributed by atoms with Gasteiger partial charge in [-0.1, -0.05) is 0 Å². The Morgan fingerprint density at radius 1 is 1.32 bits per heavy atom. The summed E-state index contributed by atoms with van der Waals surface area (Å²) < 4.78 is 1.82. The molecule has 0 aliphatic carbocycles. The van der Waals surface area contributed by atoms with Crippen molar-refractivity contribution in [2.24, 2.45) is 0 Å². The molecule has 0 spiro atoms. The number of hydrogen-bond acceptors (Lipinski definition) is 4. The summed E-state index contributed by atoms with van der Waals surface area (Å²) in [6.45, 7) is 7.47. The van der Waals surface area contributed by atoms with E-state index in [4.69, 9.17) is 0 Å². The Kier molecular flexibility index (Phi) is 4.55. The molecule has 0 aromatic carbocycles. The number of aromatic nitrogens is 2. The summed E-state index contributed by atoms with van der Waals surface area (Å²) in [6, 6.07) is -0.203. The number of piperazine rings is 1. The summed E-state index contributed by atoms with van der Waals surface area (Å²) in [7, 11) is 0. The number of β-amino-alcohol motifs (C(OH)–C–C–N with tert-alkyl or cyclic N) is 1. The van der Waals surface area contributed by atoms with Crippen LogP contribution in [0, 0.1) is 0 Å². The highest BCUT2D eigenvalue weighted by molar-refractivity contribution is 5.80. The van der Waals surface area contributed by atoms with Crippen molar-refractivity contribution in [3.8, 4) is 0 Å². The van der Waals surface area contributed by atoms with Crippen LogP contribution in [0.3, 0.4) is 0 Å². The van der Waals surface area contributed by atoms with Gasteiger partial charge in [0.1, 0.15) is 6.04 Å². The zero-order valence-electron chi connectivity index (χ0n) is 11.6. The molecule has 0 unspecified atom stereocenters. The van der Waals surface area contributed by atoms with Crippen LogP contribution in [0.15, 0.2) is 18.7 Å². The van der Waals surface area contributed by atoms with Gasteiger partial charge in [-0.05, 0) is 13.8 Å². The molecule has 19 heavy (non-hydrogen) atoms. The predicted octanol–water partition coefficient (Wildman–Crippen LogP) is -0.0309. The van der Waals surface area contributed by atoms with E-state index in [9.17, 15) is 9.90 Å². The molecule has 1 aliphatic rings. The zero-order chi connectivity index (χ0) is 13.8. The van der Waals surface area contributed by atoms with Gasteiger partial charge in [0.15, 0.2) is 0 Å². The fourth-order valence-corrected chi connectivity index (χ4v) is 2.41. The number of rotatable bonds is 4. The third kappa shape index (κ3) is 3.54. The lowest BCUT2D eigenvalue weighted by Crippen LogP contribution is -2.51. The van der Waals surface area contributed by atoms with Crippen molar-refractivity contribution in [1.29, 1.82) is 0 Å². The molecule has 106 valence electrons. The lowest BCUT2D eigenvalue weighted by molar-refractivity contribution is -0.136. The highest BCUT2D eigenvalue weighted by Crippen LogP contribution is 2.12. The molecule has 6 heteroatoms. The molecule has 0 bridgehead atoms. The van der Waals surface area contributed by atoms with Gasteiger partial charge in [0.05, 0.1) is 12.4 Å². The molecule has 1 aromatic rings. The van der Waals surface area contributed by atoms with Crippen LogP contribution < -0.4 is 0 Å². The molecule has 0 radical (unpaired) electrons. The van der Waals surface area contributed by atoms with Crippen molar-refractivity contribution in [1.82, 2.24) is 19.4 Å². The SMILES string of the molecule is C[C@H](O)CN1CCN(C(=O)[C@@H](C)n2ccnc2)CC1. The molecular formula is C13H22N4O2.